The third-order valence-corrected chi connectivity index (χ3v) is 2.35. The first-order chi connectivity index (χ1) is 7.90. The number of furan rings is 1. The Balaban J connectivity index is 2.36. The van der Waals surface area contributed by atoms with E-state index in [4.69, 9.17) is 9.68 Å². The number of aromatic nitrogens is 3. The van der Waals surface area contributed by atoms with E-state index in [1.165, 1.54) is 0 Å². The molecule has 0 fully saturated rings. The van der Waals surface area contributed by atoms with Crippen molar-refractivity contribution in [3.05, 3.63) is 42.9 Å². The second-order valence-corrected chi connectivity index (χ2v) is 3.24. The summed E-state index contributed by atoms with van der Waals surface area (Å²) in [6, 6.07) is 5.70. The van der Waals surface area contributed by atoms with Gasteiger partial charge in [-0.15, -0.1) is 0 Å². The van der Waals surface area contributed by atoms with E-state index in [0.29, 0.717) is 11.3 Å². The summed E-state index contributed by atoms with van der Waals surface area (Å²) in [5.74, 6) is 0. The second kappa shape index (κ2) is 3.21. The highest BCUT2D eigenvalue weighted by molar-refractivity contribution is 5.63. The Morgan fingerprint density at radius 2 is 2.25 bits per heavy atom. The molecule has 0 aliphatic heterocycles. The number of nitriles is 1. The zero-order valence-electron chi connectivity index (χ0n) is 8.16. The monoisotopic (exact) mass is 210 g/mol. The zero-order chi connectivity index (χ0) is 11.0. The number of hydrogen-bond acceptors (Lipinski definition) is 4. The quantitative estimate of drug-likeness (QED) is 0.614. The van der Waals surface area contributed by atoms with Gasteiger partial charge in [0.1, 0.15) is 12.4 Å². The molecule has 16 heavy (non-hydrogen) atoms. The van der Waals surface area contributed by atoms with Crippen LogP contribution in [-0.2, 0) is 0 Å². The minimum Gasteiger partial charge on any atom is -0.472 e. The molecule has 0 radical (unpaired) electrons. The van der Waals surface area contributed by atoms with Crippen LogP contribution in [0.2, 0.25) is 0 Å². The summed E-state index contributed by atoms with van der Waals surface area (Å²) in [6.07, 6.45) is 6.48. The van der Waals surface area contributed by atoms with E-state index in [9.17, 15) is 0 Å². The van der Waals surface area contributed by atoms with Gasteiger partial charge in [0.05, 0.1) is 18.2 Å². The van der Waals surface area contributed by atoms with Gasteiger partial charge in [-0.3, -0.25) is 4.40 Å². The van der Waals surface area contributed by atoms with Crippen LogP contribution < -0.4 is 0 Å². The van der Waals surface area contributed by atoms with Crippen LogP contribution in [0.4, 0.5) is 0 Å². The number of imidazole rings is 1. The molecule has 3 rings (SSSR count). The fraction of sp³-hybridized carbons (Fsp3) is 0. The predicted molar refractivity (Wildman–Crippen MR) is 55.4 cm³/mol. The molecule has 0 aliphatic rings. The lowest BCUT2D eigenvalue weighted by Crippen LogP contribution is -1.91. The maximum Gasteiger partial charge on any atom is 0.185 e. The Kier molecular flexibility index (Phi) is 1.74. The molecular formula is C11H6N4O. The third kappa shape index (κ3) is 1.10. The highest BCUT2D eigenvalue weighted by atomic mass is 16.3. The fourth-order valence-corrected chi connectivity index (χ4v) is 1.62. The molecule has 5 heteroatoms. The Hall–Kier alpha value is -2.61. The highest BCUT2D eigenvalue weighted by Crippen LogP contribution is 2.20. The van der Waals surface area contributed by atoms with Crippen molar-refractivity contribution in [2.45, 2.75) is 0 Å². The molecule has 0 N–H and O–H groups in total. The first-order valence-electron chi connectivity index (χ1n) is 4.65. The molecule has 0 saturated carbocycles. The smallest absolute Gasteiger partial charge is 0.185 e. The van der Waals surface area contributed by atoms with Gasteiger partial charge in [-0.05, 0) is 12.1 Å². The predicted octanol–water partition coefficient (Wildman–Crippen LogP) is 1.86. The van der Waals surface area contributed by atoms with Crippen molar-refractivity contribution in [2.75, 3.05) is 0 Å². The summed E-state index contributed by atoms with van der Waals surface area (Å²) in [5, 5.41) is 8.86. The normalized spacial score (nSPS) is 10.4. The average Bonchev–Trinajstić information content (AvgIpc) is 2.97. The van der Waals surface area contributed by atoms with Crippen molar-refractivity contribution in [3.8, 4) is 17.3 Å². The Labute approximate surface area is 90.6 Å². The van der Waals surface area contributed by atoms with Crippen molar-refractivity contribution in [3.63, 3.8) is 0 Å². The van der Waals surface area contributed by atoms with Crippen LogP contribution in [0.25, 0.3) is 16.9 Å². The van der Waals surface area contributed by atoms with E-state index < -0.39 is 0 Å². The van der Waals surface area contributed by atoms with E-state index in [-0.39, 0.29) is 0 Å². The van der Waals surface area contributed by atoms with E-state index in [0.717, 1.165) is 11.3 Å². The Morgan fingerprint density at radius 3 is 3.00 bits per heavy atom. The molecule has 0 aliphatic carbocycles. The van der Waals surface area contributed by atoms with Crippen LogP contribution in [0.3, 0.4) is 0 Å². The first kappa shape index (κ1) is 8.68. The van der Waals surface area contributed by atoms with E-state index in [1.54, 1.807) is 29.5 Å². The summed E-state index contributed by atoms with van der Waals surface area (Å²) in [6.45, 7) is 0. The number of hydrogen-bond donors (Lipinski definition) is 0. The lowest BCUT2D eigenvalue weighted by molar-refractivity contribution is 0.568. The van der Waals surface area contributed by atoms with Gasteiger partial charge in [-0.1, -0.05) is 0 Å². The van der Waals surface area contributed by atoms with Crippen molar-refractivity contribution in [2.24, 2.45) is 0 Å². The Morgan fingerprint density at radius 1 is 1.31 bits per heavy atom. The lowest BCUT2D eigenvalue weighted by Gasteiger charge is -2.00. The standard InChI is InChI=1S/C11H6N4O/c12-5-9-11-13-3-1-10(15(11)7-14-9)8-2-4-16-6-8/h1-4,6-7H. The van der Waals surface area contributed by atoms with Crippen molar-refractivity contribution < 1.29 is 4.42 Å². The van der Waals surface area contributed by atoms with Crippen LogP contribution in [-0.4, -0.2) is 14.4 Å². The highest BCUT2D eigenvalue weighted by Gasteiger charge is 2.09. The maximum atomic E-state index is 8.86. The summed E-state index contributed by atoms with van der Waals surface area (Å²) in [4.78, 5) is 8.12. The number of fused-ring (bicyclic) bond motifs is 1. The maximum absolute atomic E-state index is 8.86. The largest absolute Gasteiger partial charge is 0.472 e. The van der Waals surface area contributed by atoms with Crippen molar-refractivity contribution in [1.29, 1.82) is 5.26 Å². The van der Waals surface area contributed by atoms with Crippen molar-refractivity contribution >= 4 is 5.65 Å². The lowest BCUT2D eigenvalue weighted by atomic mass is 10.2. The molecule has 0 unspecified atom stereocenters. The molecule has 76 valence electrons. The van der Waals surface area contributed by atoms with Crippen LogP contribution >= 0.6 is 0 Å². The number of rotatable bonds is 1. The van der Waals surface area contributed by atoms with Gasteiger partial charge in [-0.25, -0.2) is 9.97 Å². The minimum atomic E-state index is 0.324. The number of nitrogens with zero attached hydrogens (tertiary/aromatic N) is 4. The van der Waals surface area contributed by atoms with Crippen LogP contribution in [0.15, 0.2) is 41.6 Å². The summed E-state index contributed by atoms with van der Waals surface area (Å²) in [7, 11) is 0. The molecular weight excluding hydrogens is 204 g/mol. The first-order valence-corrected chi connectivity index (χ1v) is 4.65. The molecule has 0 amide bonds. The van der Waals surface area contributed by atoms with E-state index >= 15 is 0 Å². The van der Waals surface area contributed by atoms with Gasteiger partial charge < -0.3 is 4.42 Å². The van der Waals surface area contributed by atoms with Crippen LogP contribution in [0, 0.1) is 11.3 Å². The summed E-state index contributed by atoms with van der Waals surface area (Å²) < 4.78 is 6.80. The molecule has 5 nitrogen and oxygen atoms in total. The molecule has 3 aromatic rings. The molecule has 0 bridgehead atoms. The van der Waals surface area contributed by atoms with Gasteiger partial charge in [0, 0.05) is 11.8 Å². The Bertz CT molecular complexity index is 676. The van der Waals surface area contributed by atoms with E-state index in [2.05, 4.69) is 9.97 Å². The average molecular weight is 210 g/mol. The SMILES string of the molecule is N#Cc1ncn2c(-c3ccoc3)ccnc12. The molecule has 0 spiro atoms. The van der Waals surface area contributed by atoms with Gasteiger partial charge in [0.25, 0.3) is 0 Å². The minimum absolute atomic E-state index is 0.324. The van der Waals surface area contributed by atoms with Gasteiger partial charge in [0.15, 0.2) is 11.3 Å². The van der Waals surface area contributed by atoms with Crippen LogP contribution in [0.5, 0.6) is 0 Å². The van der Waals surface area contributed by atoms with Gasteiger partial charge in [-0.2, -0.15) is 5.26 Å². The topological polar surface area (TPSA) is 67.1 Å². The zero-order valence-corrected chi connectivity index (χ0v) is 8.16. The molecule has 3 heterocycles. The summed E-state index contributed by atoms with van der Waals surface area (Å²) >= 11 is 0. The molecule has 3 aromatic heterocycles. The van der Waals surface area contributed by atoms with Crippen molar-refractivity contribution in [1.82, 2.24) is 14.4 Å². The van der Waals surface area contributed by atoms with E-state index in [1.807, 2.05) is 18.2 Å². The van der Waals surface area contributed by atoms with Gasteiger partial charge >= 0.3 is 0 Å². The van der Waals surface area contributed by atoms with Gasteiger partial charge in [0.2, 0.25) is 0 Å². The third-order valence-electron chi connectivity index (χ3n) is 2.35. The second-order valence-electron chi connectivity index (χ2n) is 3.24. The summed E-state index contributed by atoms with van der Waals surface area (Å²) in [5.41, 5.74) is 2.70. The fourth-order valence-electron chi connectivity index (χ4n) is 1.62. The van der Waals surface area contributed by atoms with Crippen LogP contribution in [0.1, 0.15) is 5.69 Å². The molecule has 0 aromatic carbocycles. The molecule has 0 saturated heterocycles. The molecule has 0 atom stereocenters.